The van der Waals surface area contributed by atoms with Gasteiger partial charge in [-0.2, -0.15) is 0 Å². The molecule has 0 aliphatic heterocycles. The van der Waals surface area contributed by atoms with E-state index in [2.05, 4.69) is 0 Å². The molecule has 0 heterocycles. The maximum Gasteiger partial charge on any atom is 0.227 e. The zero-order chi connectivity index (χ0) is 17.6. The maximum absolute atomic E-state index is 9.41. The van der Waals surface area contributed by atoms with E-state index in [-0.39, 0.29) is 16.7 Å². The van der Waals surface area contributed by atoms with E-state index in [1.54, 1.807) is 0 Å². The third-order valence-electron chi connectivity index (χ3n) is 2.69. The predicted octanol–water partition coefficient (Wildman–Crippen LogP) is 7.18. The lowest BCUT2D eigenvalue weighted by Crippen LogP contribution is -2.32. The fourth-order valence-electron chi connectivity index (χ4n) is 1.52. The summed E-state index contributed by atoms with van der Waals surface area (Å²) in [6.07, 6.45) is 0. The summed E-state index contributed by atoms with van der Waals surface area (Å²) in [5.74, 6) is 0. The normalized spacial score (nSPS) is 14.3. The molecule has 0 aromatic heterocycles. The summed E-state index contributed by atoms with van der Waals surface area (Å²) in [4.78, 5) is 0. The summed E-state index contributed by atoms with van der Waals surface area (Å²) in [6, 6.07) is 4.16. The second-order valence-corrected chi connectivity index (χ2v) is 11.4. The molecule has 0 amide bonds. The van der Waals surface area contributed by atoms with Crippen molar-refractivity contribution < 1.29 is 5.11 Å². The molecule has 0 saturated heterocycles. The molecule has 0 aliphatic carbocycles. The monoisotopic (exact) mass is 504 g/mol. The molecular formula is C11H6Cl10O. The first-order valence-corrected chi connectivity index (χ1v) is 9.08. The summed E-state index contributed by atoms with van der Waals surface area (Å²) in [6.45, 7) is -0.428. The highest BCUT2D eigenvalue weighted by molar-refractivity contribution is 6.76. The van der Waals surface area contributed by atoms with Gasteiger partial charge in [-0.25, -0.2) is 0 Å². The Balaban J connectivity index is 3.57. The Morgan fingerprint density at radius 1 is 0.727 bits per heavy atom. The topological polar surface area (TPSA) is 20.2 Å². The van der Waals surface area contributed by atoms with Crippen molar-refractivity contribution in [3.05, 3.63) is 34.9 Å². The highest BCUT2D eigenvalue weighted by Crippen LogP contribution is 2.56. The molecule has 1 aromatic carbocycles. The molecule has 1 rings (SSSR count). The van der Waals surface area contributed by atoms with E-state index in [9.17, 15) is 5.11 Å². The Morgan fingerprint density at radius 2 is 1.18 bits per heavy atom. The Bertz CT molecular complexity index is 543. The average molecular weight is 509 g/mol. The van der Waals surface area contributed by atoms with Crippen LogP contribution in [0, 0.1) is 0 Å². The van der Waals surface area contributed by atoms with Crippen molar-refractivity contribution in [2.45, 2.75) is 22.9 Å². The van der Waals surface area contributed by atoms with Crippen LogP contribution in [0.1, 0.15) is 16.7 Å². The SMILES string of the molecule is OCc1ccc(C(Cl)(Cl)C(Cl)(Cl)Cl)cc1C(Cl)(Cl)C(Cl)(Cl)Cl. The Labute approximate surface area is 177 Å². The van der Waals surface area contributed by atoms with Gasteiger partial charge in [0.15, 0.2) is 8.67 Å². The number of benzene rings is 1. The third-order valence-corrected chi connectivity index (χ3v) is 7.53. The van der Waals surface area contributed by atoms with E-state index in [1.807, 2.05) is 0 Å². The van der Waals surface area contributed by atoms with Gasteiger partial charge in [0.05, 0.1) is 6.61 Å². The van der Waals surface area contributed by atoms with Gasteiger partial charge >= 0.3 is 0 Å². The van der Waals surface area contributed by atoms with Crippen LogP contribution in [0.2, 0.25) is 0 Å². The maximum atomic E-state index is 9.41. The van der Waals surface area contributed by atoms with Crippen molar-refractivity contribution in [1.82, 2.24) is 0 Å². The molecule has 0 saturated carbocycles. The highest BCUT2D eigenvalue weighted by Gasteiger charge is 2.51. The standard InChI is InChI=1S/C11H6Cl10O/c12-8(13,10(16,17)18)6-2-1-5(4-22)7(3-6)9(14,15)11(19,20)21/h1-3,22H,4H2. The number of aliphatic hydroxyl groups excluding tert-OH is 1. The molecule has 0 bridgehead atoms. The number of rotatable bonds is 3. The van der Waals surface area contributed by atoms with Gasteiger partial charge in [-0.1, -0.05) is 128 Å². The van der Waals surface area contributed by atoms with E-state index >= 15 is 0 Å². The van der Waals surface area contributed by atoms with E-state index in [0.29, 0.717) is 0 Å². The van der Waals surface area contributed by atoms with Crippen LogP contribution in [0.4, 0.5) is 0 Å². The lowest BCUT2D eigenvalue weighted by atomic mass is 9.99. The van der Waals surface area contributed by atoms with Crippen LogP contribution in [0.25, 0.3) is 0 Å². The molecule has 11 heteroatoms. The fraction of sp³-hybridized carbons (Fsp3) is 0.455. The summed E-state index contributed by atoms with van der Waals surface area (Å²) in [7, 11) is 0. The second-order valence-electron chi connectivity index (χ2n) is 4.17. The molecule has 1 nitrogen and oxygen atoms in total. The van der Waals surface area contributed by atoms with Crippen molar-refractivity contribution in [3.8, 4) is 0 Å². The first-order valence-electron chi connectivity index (χ1n) is 5.30. The summed E-state index contributed by atoms with van der Waals surface area (Å²) < 4.78 is -8.11. The summed E-state index contributed by atoms with van der Waals surface area (Å²) in [5.41, 5.74) is 0.493. The molecule has 0 aliphatic rings. The fourth-order valence-corrected chi connectivity index (χ4v) is 2.74. The van der Waals surface area contributed by atoms with Crippen LogP contribution in [0.15, 0.2) is 18.2 Å². The second kappa shape index (κ2) is 7.37. The van der Waals surface area contributed by atoms with Crippen molar-refractivity contribution in [2.24, 2.45) is 0 Å². The van der Waals surface area contributed by atoms with E-state index in [4.69, 9.17) is 116 Å². The lowest BCUT2D eigenvalue weighted by molar-refractivity contribution is 0.280. The molecule has 0 spiro atoms. The van der Waals surface area contributed by atoms with Crippen molar-refractivity contribution >= 4 is 116 Å². The van der Waals surface area contributed by atoms with Gasteiger partial charge in [-0.05, 0) is 22.8 Å². The molecule has 1 aromatic rings. The minimum absolute atomic E-state index is 0.0655. The largest absolute Gasteiger partial charge is 0.392 e. The number of hydrogen-bond acceptors (Lipinski definition) is 1. The number of alkyl halides is 10. The first-order chi connectivity index (χ1) is 9.66. The number of aliphatic hydroxyl groups is 1. The number of hydrogen-bond donors (Lipinski definition) is 1. The Kier molecular flexibility index (Phi) is 7.41. The zero-order valence-corrected chi connectivity index (χ0v) is 17.7. The third kappa shape index (κ3) is 4.43. The van der Waals surface area contributed by atoms with Gasteiger partial charge in [0.2, 0.25) is 7.59 Å². The summed E-state index contributed by atoms with van der Waals surface area (Å²) >= 11 is 59.1. The summed E-state index contributed by atoms with van der Waals surface area (Å²) in [5, 5.41) is 9.41. The van der Waals surface area contributed by atoms with Gasteiger partial charge in [-0.15, -0.1) is 0 Å². The van der Waals surface area contributed by atoms with Crippen LogP contribution in [-0.4, -0.2) is 12.7 Å². The van der Waals surface area contributed by atoms with Crippen LogP contribution >= 0.6 is 116 Å². The van der Waals surface area contributed by atoms with E-state index in [0.717, 1.165) is 0 Å². The Morgan fingerprint density at radius 3 is 1.55 bits per heavy atom. The van der Waals surface area contributed by atoms with Crippen molar-refractivity contribution in [3.63, 3.8) is 0 Å². The van der Waals surface area contributed by atoms with Gasteiger partial charge in [0.1, 0.15) is 0 Å². The molecular weight excluding hydrogens is 503 g/mol. The van der Waals surface area contributed by atoms with E-state index in [1.165, 1.54) is 18.2 Å². The van der Waals surface area contributed by atoms with Gasteiger partial charge in [0.25, 0.3) is 0 Å². The molecule has 0 atom stereocenters. The van der Waals surface area contributed by atoms with Crippen LogP contribution in [0.3, 0.4) is 0 Å². The van der Waals surface area contributed by atoms with Crippen LogP contribution in [-0.2, 0) is 15.3 Å². The Hall–Kier alpha value is 2.08. The molecule has 0 unspecified atom stereocenters. The molecule has 126 valence electrons. The van der Waals surface area contributed by atoms with Crippen LogP contribution < -0.4 is 0 Å². The van der Waals surface area contributed by atoms with Gasteiger partial charge in [-0.3, -0.25) is 0 Å². The number of halogens is 10. The highest BCUT2D eigenvalue weighted by atomic mass is 35.6. The predicted molar refractivity (Wildman–Crippen MR) is 99.7 cm³/mol. The minimum atomic E-state index is -2.11. The van der Waals surface area contributed by atoms with E-state index < -0.39 is 22.9 Å². The zero-order valence-electron chi connectivity index (χ0n) is 10.2. The quantitative estimate of drug-likeness (QED) is 0.429. The van der Waals surface area contributed by atoms with Gasteiger partial charge < -0.3 is 5.11 Å². The first kappa shape index (κ1) is 22.1. The molecule has 0 fully saturated rings. The smallest absolute Gasteiger partial charge is 0.227 e. The molecule has 1 N–H and O–H groups in total. The van der Waals surface area contributed by atoms with Crippen LogP contribution in [0.5, 0.6) is 0 Å². The minimum Gasteiger partial charge on any atom is -0.392 e. The average Bonchev–Trinajstić information content (AvgIpc) is 2.35. The van der Waals surface area contributed by atoms with Crippen molar-refractivity contribution in [2.75, 3.05) is 0 Å². The lowest BCUT2D eigenvalue weighted by Gasteiger charge is -2.32. The van der Waals surface area contributed by atoms with Gasteiger partial charge in [0, 0.05) is 0 Å². The molecule has 22 heavy (non-hydrogen) atoms. The van der Waals surface area contributed by atoms with Crippen molar-refractivity contribution in [1.29, 1.82) is 0 Å². The molecule has 0 radical (unpaired) electrons.